The SMILES string of the molecule is CCOC(=O)COC(=O)Oc1c2n(ccc1=O)N([C@@H]1c3ccccc3SCc3c1ccc(F)c3F)[C@@H]1COCCN1C2=O. The predicted molar refractivity (Wildman–Crippen MR) is 147 cm³/mol. The summed E-state index contributed by atoms with van der Waals surface area (Å²) < 4.78 is 51.7. The number of esters is 1. The number of hydrogen-bond acceptors (Lipinski definition) is 10. The smallest absolute Gasteiger partial charge is 0.463 e. The van der Waals surface area contributed by atoms with Crippen molar-refractivity contribution >= 4 is 29.8 Å². The highest BCUT2D eigenvalue weighted by Crippen LogP contribution is 2.45. The van der Waals surface area contributed by atoms with Gasteiger partial charge in [0, 0.05) is 35.0 Å². The van der Waals surface area contributed by atoms with E-state index >= 15 is 4.39 Å². The van der Waals surface area contributed by atoms with E-state index < -0.39 is 59.7 Å². The molecule has 0 aliphatic carbocycles. The fraction of sp³-hybridized carbons (Fsp3) is 0.310. The maximum atomic E-state index is 15.3. The summed E-state index contributed by atoms with van der Waals surface area (Å²) in [6.07, 6.45) is -0.762. The number of benzene rings is 2. The molecule has 3 aliphatic heterocycles. The van der Waals surface area contributed by atoms with Crippen LogP contribution in [-0.2, 0) is 24.8 Å². The molecule has 43 heavy (non-hydrogen) atoms. The first-order valence-corrected chi connectivity index (χ1v) is 14.4. The Balaban J connectivity index is 1.52. The summed E-state index contributed by atoms with van der Waals surface area (Å²) in [6.45, 7) is 1.31. The maximum Gasteiger partial charge on any atom is 0.514 e. The van der Waals surface area contributed by atoms with Crippen molar-refractivity contribution in [2.75, 3.05) is 38.0 Å². The second kappa shape index (κ2) is 11.7. The summed E-state index contributed by atoms with van der Waals surface area (Å²) in [7, 11) is 0. The average molecular weight is 614 g/mol. The van der Waals surface area contributed by atoms with Gasteiger partial charge in [-0.05, 0) is 30.2 Å². The Labute approximate surface area is 247 Å². The van der Waals surface area contributed by atoms with Gasteiger partial charge in [0.1, 0.15) is 6.17 Å². The van der Waals surface area contributed by atoms with E-state index in [1.807, 2.05) is 24.3 Å². The summed E-state index contributed by atoms with van der Waals surface area (Å²) in [4.78, 5) is 53.4. The number of ether oxygens (including phenoxy) is 4. The summed E-state index contributed by atoms with van der Waals surface area (Å²) in [5.41, 5.74) is 0.296. The van der Waals surface area contributed by atoms with Crippen molar-refractivity contribution in [3.8, 4) is 5.75 Å². The molecule has 3 aromatic rings. The minimum Gasteiger partial charge on any atom is -0.463 e. The van der Waals surface area contributed by atoms with Crippen LogP contribution in [0.3, 0.4) is 0 Å². The first-order chi connectivity index (χ1) is 20.8. The lowest BCUT2D eigenvalue weighted by atomic mass is 9.93. The number of carbonyl (C=O) groups excluding carboxylic acids is 3. The monoisotopic (exact) mass is 613 g/mol. The zero-order valence-electron chi connectivity index (χ0n) is 22.8. The fourth-order valence-electron chi connectivity index (χ4n) is 5.50. The van der Waals surface area contributed by atoms with Crippen molar-refractivity contribution in [2.45, 2.75) is 29.8 Å². The van der Waals surface area contributed by atoms with Crippen LogP contribution in [0, 0.1) is 11.6 Å². The van der Waals surface area contributed by atoms with Gasteiger partial charge < -0.3 is 23.8 Å². The molecule has 14 heteroatoms. The van der Waals surface area contributed by atoms with E-state index in [-0.39, 0.29) is 43.4 Å². The molecular weight excluding hydrogens is 588 g/mol. The molecule has 1 fully saturated rings. The van der Waals surface area contributed by atoms with Gasteiger partial charge in [-0.25, -0.2) is 18.4 Å². The summed E-state index contributed by atoms with van der Waals surface area (Å²) in [6, 6.07) is 10.3. The zero-order chi connectivity index (χ0) is 30.2. The van der Waals surface area contributed by atoms with E-state index in [1.54, 1.807) is 11.9 Å². The fourth-order valence-corrected chi connectivity index (χ4v) is 6.62. The molecule has 0 N–H and O–H groups in total. The number of aromatic nitrogens is 1. The van der Waals surface area contributed by atoms with Crippen LogP contribution in [0.4, 0.5) is 13.6 Å². The molecule has 1 saturated heterocycles. The molecular formula is C29H25F2N3O8S. The van der Waals surface area contributed by atoms with Crippen molar-refractivity contribution < 1.29 is 42.1 Å². The summed E-state index contributed by atoms with van der Waals surface area (Å²) >= 11 is 1.35. The van der Waals surface area contributed by atoms with E-state index in [4.69, 9.17) is 18.9 Å². The molecule has 1 aromatic heterocycles. The highest BCUT2D eigenvalue weighted by molar-refractivity contribution is 7.98. The molecule has 0 unspecified atom stereocenters. The topological polar surface area (TPSA) is 117 Å². The van der Waals surface area contributed by atoms with Gasteiger partial charge in [-0.15, -0.1) is 11.8 Å². The first-order valence-electron chi connectivity index (χ1n) is 13.4. The second-order valence-electron chi connectivity index (χ2n) is 9.74. The minimum atomic E-state index is -1.39. The van der Waals surface area contributed by atoms with Crippen molar-refractivity contribution in [3.63, 3.8) is 0 Å². The number of morpholine rings is 1. The average Bonchev–Trinajstić information content (AvgIpc) is 3.17. The van der Waals surface area contributed by atoms with Crippen molar-refractivity contribution in [1.29, 1.82) is 0 Å². The molecule has 2 atom stereocenters. The van der Waals surface area contributed by atoms with Gasteiger partial charge in [0.15, 0.2) is 23.9 Å². The van der Waals surface area contributed by atoms with Crippen LogP contribution in [0.15, 0.2) is 58.4 Å². The van der Waals surface area contributed by atoms with Crippen molar-refractivity contribution in [3.05, 3.63) is 92.9 Å². The Bertz CT molecular complexity index is 1680. The number of halogens is 2. The number of fused-ring (bicyclic) bond motifs is 4. The van der Waals surface area contributed by atoms with E-state index in [9.17, 15) is 23.6 Å². The third kappa shape index (κ3) is 5.10. The van der Waals surface area contributed by atoms with Crippen LogP contribution in [0.2, 0.25) is 0 Å². The number of carbonyl (C=O) groups is 3. The molecule has 3 aliphatic rings. The van der Waals surface area contributed by atoms with E-state index in [0.29, 0.717) is 5.56 Å². The predicted octanol–water partition coefficient (Wildman–Crippen LogP) is 3.35. The lowest BCUT2D eigenvalue weighted by Gasteiger charge is -2.51. The number of rotatable bonds is 5. The Morgan fingerprint density at radius 1 is 1.07 bits per heavy atom. The quantitative estimate of drug-likeness (QED) is 0.397. The molecule has 0 saturated carbocycles. The highest BCUT2D eigenvalue weighted by Gasteiger charge is 2.46. The van der Waals surface area contributed by atoms with Crippen LogP contribution in [0.25, 0.3) is 0 Å². The van der Waals surface area contributed by atoms with Gasteiger partial charge in [-0.3, -0.25) is 19.3 Å². The van der Waals surface area contributed by atoms with Crippen molar-refractivity contribution in [2.24, 2.45) is 0 Å². The number of hydrogen-bond donors (Lipinski definition) is 0. The van der Waals surface area contributed by atoms with Crippen LogP contribution in [-0.4, -0.2) is 66.7 Å². The molecule has 2 aromatic carbocycles. The molecule has 0 spiro atoms. The second-order valence-corrected chi connectivity index (χ2v) is 10.8. The lowest BCUT2D eigenvalue weighted by molar-refractivity contribution is -0.146. The van der Waals surface area contributed by atoms with Crippen LogP contribution in [0.1, 0.15) is 40.1 Å². The van der Waals surface area contributed by atoms with Gasteiger partial charge in [0.2, 0.25) is 11.2 Å². The number of thioether (sulfide) groups is 1. The van der Waals surface area contributed by atoms with Gasteiger partial charge in [-0.2, -0.15) is 0 Å². The minimum absolute atomic E-state index is 0.0678. The molecule has 4 heterocycles. The van der Waals surface area contributed by atoms with E-state index in [1.165, 1.54) is 33.6 Å². The van der Waals surface area contributed by atoms with Crippen molar-refractivity contribution in [1.82, 2.24) is 9.58 Å². The Morgan fingerprint density at radius 2 is 1.88 bits per heavy atom. The van der Waals surface area contributed by atoms with Crippen LogP contribution in [0.5, 0.6) is 5.75 Å². The molecule has 0 radical (unpaired) electrons. The van der Waals surface area contributed by atoms with E-state index in [2.05, 4.69) is 0 Å². The lowest BCUT2D eigenvalue weighted by Crippen LogP contribution is -2.66. The Kier molecular flexibility index (Phi) is 7.79. The van der Waals surface area contributed by atoms with Crippen LogP contribution < -0.4 is 15.2 Å². The summed E-state index contributed by atoms with van der Waals surface area (Å²) in [5.74, 6) is -3.85. The zero-order valence-corrected chi connectivity index (χ0v) is 23.6. The molecule has 0 bridgehead atoms. The standard InChI is InChI=1S/C29H25F2N3O8S/c1-2-40-23(36)14-41-29(38)42-27-20(35)9-10-33-26(27)28(37)32-11-12-39-13-22(32)34(33)25-16-7-8-19(30)24(31)18(16)15-43-21-6-4-3-5-17(21)25/h3-10,22,25H,2,11-15H2,1H3/t22-,25+/m1/s1. The number of pyridine rings is 1. The molecule has 6 rings (SSSR count). The number of nitrogens with zero attached hydrogens (tertiary/aromatic N) is 3. The third-order valence-electron chi connectivity index (χ3n) is 7.33. The van der Waals surface area contributed by atoms with Gasteiger partial charge in [-0.1, -0.05) is 24.3 Å². The van der Waals surface area contributed by atoms with E-state index in [0.717, 1.165) is 22.6 Å². The Hall–Kier alpha value is -4.43. The first kappa shape index (κ1) is 28.7. The van der Waals surface area contributed by atoms with Gasteiger partial charge >= 0.3 is 12.1 Å². The number of amides is 1. The summed E-state index contributed by atoms with van der Waals surface area (Å²) in [5, 5.41) is 1.74. The molecule has 11 nitrogen and oxygen atoms in total. The van der Waals surface area contributed by atoms with Crippen LogP contribution >= 0.6 is 11.8 Å². The van der Waals surface area contributed by atoms with Gasteiger partial charge in [0.05, 0.1) is 25.9 Å². The van der Waals surface area contributed by atoms with Gasteiger partial charge in [0.25, 0.3) is 5.91 Å². The highest BCUT2D eigenvalue weighted by atomic mass is 32.2. The third-order valence-corrected chi connectivity index (χ3v) is 8.45. The molecule has 1 amide bonds. The Morgan fingerprint density at radius 3 is 2.70 bits per heavy atom. The molecule has 224 valence electrons. The normalized spacial score (nSPS) is 18.9. The largest absolute Gasteiger partial charge is 0.514 e. The maximum absolute atomic E-state index is 15.3.